The van der Waals surface area contributed by atoms with Gasteiger partial charge in [-0.25, -0.2) is 8.78 Å². The third-order valence-corrected chi connectivity index (χ3v) is 4.27. The molecule has 0 unspecified atom stereocenters. The van der Waals surface area contributed by atoms with E-state index in [9.17, 15) is 43.0 Å². The first kappa shape index (κ1) is 47.0. The number of nitro benzene ring substituents is 2. The van der Waals surface area contributed by atoms with Gasteiger partial charge in [-0.2, -0.15) is 4.39 Å². The van der Waals surface area contributed by atoms with Crippen LogP contribution in [0.3, 0.4) is 0 Å². The number of ether oxygens (including phenoxy) is 2. The average Bonchev–Trinajstić information content (AvgIpc) is 2.92. The van der Waals surface area contributed by atoms with Crippen LogP contribution in [0.4, 0.5) is 30.2 Å². The minimum Gasteiger partial charge on any atom is -1.00 e. The molecule has 41 heavy (non-hydrogen) atoms. The zero-order valence-corrected chi connectivity index (χ0v) is 29.4. The van der Waals surface area contributed by atoms with Gasteiger partial charge in [-0.3, -0.25) is 34.6 Å². The van der Waals surface area contributed by atoms with Crippen LogP contribution in [-0.2, 0) is 28.7 Å². The topological polar surface area (TPSA) is 226 Å². The average molecular weight is 685 g/mol. The molecule has 0 aromatic heterocycles. The van der Waals surface area contributed by atoms with Crippen LogP contribution in [0.2, 0.25) is 10.0 Å². The summed E-state index contributed by atoms with van der Waals surface area (Å²) < 4.78 is 46.7. The Morgan fingerprint density at radius 1 is 0.951 bits per heavy atom. The van der Waals surface area contributed by atoms with Crippen LogP contribution >= 0.6 is 23.2 Å². The molecule has 15 nitrogen and oxygen atoms in total. The monoisotopic (exact) mass is 684 g/mol. The number of carbonyl (C=O) groups excluding carboxylic acids is 3. The summed E-state index contributed by atoms with van der Waals surface area (Å²) in [5, 5.41) is 30.2. The van der Waals surface area contributed by atoms with Gasteiger partial charge in [0.15, 0.2) is 0 Å². The SMILES string of the molecule is COC(=O)CN.COC(=O)CNc1c([N+](=O)[O-])ccc(F)c1Cl.O=CO[O-].O=[N+]([O-])c1ccc(F)c(Cl)c1F.[H-].[K+].[K+]. The number of esters is 2. The van der Waals surface area contributed by atoms with Crippen LogP contribution in [-0.4, -0.2) is 55.6 Å². The second-order valence-electron chi connectivity index (χ2n) is 5.87. The van der Waals surface area contributed by atoms with Gasteiger partial charge in [0.25, 0.3) is 12.2 Å². The van der Waals surface area contributed by atoms with Crippen molar-refractivity contribution >= 4 is 58.7 Å². The zero-order chi connectivity index (χ0) is 30.7. The summed E-state index contributed by atoms with van der Waals surface area (Å²) in [5.41, 5.74) is 3.31. The Bertz CT molecular complexity index is 1170. The van der Waals surface area contributed by atoms with E-state index in [-0.39, 0.29) is 135 Å². The van der Waals surface area contributed by atoms with E-state index in [0.29, 0.717) is 0 Å². The molecule has 0 bridgehead atoms. The second kappa shape index (κ2) is 26.6. The second-order valence-corrected chi connectivity index (χ2v) is 6.62. The van der Waals surface area contributed by atoms with Crippen molar-refractivity contribution in [3.63, 3.8) is 0 Å². The van der Waals surface area contributed by atoms with Crippen LogP contribution in [0.5, 0.6) is 0 Å². The fraction of sp³-hybridized carbons (Fsp3) is 0.211. The molecule has 0 aliphatic rings. The van der Waals surface area contributed by atoms with E-state index in [0.717, 1.165) is 31.4 Å². The van der Waals surface area contributed by atoms with Crippen LogP contribution < -0.4 is 119 Å². The minimum atomic E-state index is -1.35. The molecule has 0 saturated heterocycles. The van der Waals surface area contributed by atoms with E-state index in [2.05, 4.69) is 19.7 Å². The Hall–Kier alpha value is -0.987. The quantitative estimate of drug-likeness (QED) is 0.0543. The van der Waals surface area contributed by atoms with Crippen molar-refractivity contribution in [2.45, 2.75) is 0 Å². The van der Waals surface area contributed by atoms with Gasteiger partial charge in [-0.15, -0.1) is 0 Å². The molecule has 2 aromatic rings. The maximum atomic E-state index is 13.1. The summed E-state index contributed by atoms with van der Waals surface area (Å²) in [6.07, 6.45) is 0. The van der Waals surface area contributed by atoms with E-state index >= 15 is 0 Å². The Morgan fingerprint density at radius 2 is 1.37 bits per heavy atom. The number of hydrogen-bond donors (Lipinski definition) is 2. The molecule has 0 spiro atoms. The number of nitrogens with one attached hydrogen (secondary N) is 1. The summed E-state index contributed by atoms with van der Waals surface area (Å²) in [6, 6.07) is 3.30. The maximum Gasteiger partial charge on any atom is 1.00 e. The Morgan fingerprint density at radius 3 is 1.71 bits per heavy atom. The zero-order valence-electron chi connectivity index (χ0n) is 22.7. The van der Waals surface area contributed by atoms with Gasteiger partial charge in [-0.1, -0.05) is 23.2 Å². The maximum absolute atomic E-state index is 13.1. The van der Waals surface area contributed by atoms with Gasteiger partial charge >= 0.3 is 120 Å². The number of nitrogens with two attached hydrogens (primary N) is 1. The van der Waals surface area contributed by atoms with Crippen LogP contribution in [0.15, 0.2) is 24.3 Å². The van der Waals surface area contributed by atoms with Crippen LogP contribution in [0.25, 0.3) is 0 Å². The number of anilines is 1. The number of carbonyl (C=O) groups is 3. The largest absolute Gasteiger partial charge is 1.00 e. The molecule has 0 aliphatic heterocycles. The fourth-order valence-corrected chi connectivity index (χ4v) is 2.22. The van der Waals surface area contributed by atoms with Crippen molar-refractivity contribution in [2.24, 2.45) is 5.73 Å². The summed E-state index contributed by atoms with van der Waals surface area (Å²) >= 11 is 10.6. The van der Waals surface area contributed by atoms with E-state index in [1.54, 1.807) is 0 Å². The molecule has 0 atom stereocenters. The normalized spacial score (nSPS) is 8.61. The molecular weight excluding hydrogens is 666 g/mol. The molecule has 0 radical (unpaired) electrons. The number of halogens is 5. The Kier molecular flexibility index (Phi) is 30.5. The van der Waals surface area contributed by atoms with Crippen molar-refractivity contribution in [1.82, 2.24) is 0 Å². The van der Waals surface area contributed by atoms with Gasteiger partial charge in [0, 0.05) is 12.1 Å². The van der Waals surface area contributed by atoms with Crippen molar-refractivity contribution < 1.29 is 161 Å². The van der Waals surface area contributed by atoms with Crippen molar-refractivity contribution in [3.05, 3.63) is 72.0 Å². The molecule has 0 fully saturated rings. The van der Waals surface area contributed by atoms with Crippen LogP contribution in [0.1, 0.15) is 1.43 Å². The predicted octanol–water partition coefficient (Wildman–Crippen LogP) is -3.83. The van der Waals surface area contributed by atoms with Gasteiger partial charge in [0.05, 0.1) is 30.6 Å². The molecule has 218 valence electrons. The van der Waals surface area contributed by atoms with Gasteiger partial charge in [-0.05, 0) is 12.1 Å². The molecule has 22 heteroatoms. The third-order valence-electron chi connectivity index (χ3n) is 3.55. The van der Waals surface area contributed by atoms with E-state index < -0.39 is 54.7 Å². The first-order chi connectivity index (χ1) is 18.2. The first-order valence-corrected chi connectivity index (χ1v) is 10.2. The molecule has 0 amide bonds. The molecule has 2 rings (SSSR count). The summed E-state index contributed by atoms with van der Waals surface area (Å²) in [5.74, 6) is -4.21. The van der Waals surface area contributed by atoms with E-state index in [1.165, 1.54) is 7.11 Å². The Balaban J connectivity index is -0.000000160. The summed E-state index contributed by atoms with van der Waals surface area (Å²) in [4.78, 5) is 51.0. The van der Waals surface area contributed by atoms with Gasteiger partial charge < -0.3 is 32.1 Å². The summed E-state index contributed by atoms with van der Waals surface area (Å²) in [7, 11) is 2.46. The number of rotatable bonds is 7. The molecule has 0 saturated carbocycles. The van der Waals surface area contributed by atoms with Crippen molar-refractivity contribution in [1.29, 1.82) is 0 Å². The van der Waals surface area contributed by atoms with Crippen molar-refractivity contribution in [3.8, 4) is 0 Å². The number of methoxy groups -OCH3 is 2. The Labute approximate surface area is 325 Å². The smallest absolute Gasteiger partial charge is 1.00 e. The number of benzene rings is 2. The fourth-order valence-electron chi connectivity index (χ4n) is 1.83. The molecule has 2 aromatic carbocycles. The van der Waals surface area contributed by atoms with Crippen LogP contribution in [0, 0.1) is 37.7 Å². The number of nitro groups is 2. The molecule has 3 N–H and O–H groups in total. The number of nitrogens with zero attached hydrogens (tertiary/aromatic N) is 2. The predicted molar refractivity (Wildman–Crippen MR) is 126 cm³/mol. The molecule has 0 heterocycles. The van der Waals surface area contributed by atoms with E-state index in [4.69, 9.17) is 39.0 Å². The standard InChI is InChI=1S/C9H8ClFN2O4.C6H2ClF2NO2.C3H7NO2.CH2O3.2K.H/c1-17-7(14)4-12-9-6(13(15)16)3-2-5(11)8(9)10;7-5-3(8)1-2-4(6(5)9)10(11)12;1-6-3(5)2-4;2-1-4-3;;;/h2-3,12H,4H2,1H3;1-2H;2,4H2,1H3;1,3H;;;/q;;;;2*+1;-1/p-1. The third kappa shape index (κ3) is 19.0. The first-order valence-electron chi connectivity index (χ1n) is 9.43. The summed E-state index contributed by atoms with van der Waals surface area (Å²) in [6.45, 7) is -0.559. The van der Waals surface area contributed by atoms with Gasteiger partial charge in [0.1, 0.15) is 33.9 Å². The molecule has 0 aliphatic carbocycles. The number of hydrogen-bond acceptors (Lipinski definition) is 13. The minimum absolute atomic E-state index is 0. The molecular formula is C19H19Cl2F3K2N4O11. The van der Waals surface area contributed by atoms with E-state index in [1.807, 2.05) is 0 Å². The van der Waals surface area contributed by atoms with Gasteiger partial charge in [0.2, 0.25) is 5.82 Å². The van der Waals surface area contributed by atoms with Crippen molar-refractivity contribution in [2.75, 3.05) is 32.6 Å².